The fourth-order valence-electron chi connectivity index (χ4n) is 15.6. The van der Waals surface area contributed by atoms with Gasteiger partial charge in [-0.2, -0.15) is 0 Å². The smallest absolute Gasteiger partial charge is 0.252 e. The van der Waals surface area contributed by atoms with Crippen LogP contribution in [0.15, 0.2) is 103 Å². The molecular weight excluding hydrogens is 934 g/mol. The molecule has 3 aliphatic carbocycles. The number of benzene rings is 6. The van der Waals surface area contributed by atoms with Gasteiger partial charge >= 0.3 is 0 Å². The first kappa shape index (κ1) is 51.7. The van der Waals surface area contributed by atoms with E-state index in [9.17, 15) is 0 Å². The van der Waals surface area contributed by atoms with E-state index in [1.165, 1.54) is 140 Å². The second-order valence-corrected chi connectivity index (χ2v) is 36.3. The average Bonchev–Trinajstić information content (AvgIpc) is 3.61. The molecule has 3 aliphatic heterocycles. The summed E-state index contributed by atoms with van der Waals surface area (Å²) in [6.45, 7) is 47.1. The van der Waals surface area contributed by atoms with Crippen molar-refractivity contribution in [3.8, 4) is 0 Å². The quantitative estimate of drug-likeness (QED) is 0.163. The van der Waals surface area contributed by atoms with Crippen LogP contribution in [0.25, 0.3) is 0 Å². The van der Waals surface area contributed by atoms with E-state index in [0.717, 1.165) is 6.42 Å². The maximum absolute atomic E-state index is 2.88. The van der Waals surface area contributed by atoms with Crippen LogP contribution >= 0.6 is 0 Å². The summed E-state index contributed by atoms with van der Waals surface area (Å²) in [5.41, 5.74) is 25.3. The summed E-state index contributed by atoms with van der Waals surface area (Å²) in [7, 11) is -1.61. The largest absolute Gasteiger partial charge is 0.334 e. The van der Waals surface area contributed by atoms with Crippen LogP contribution in [0.2, 0.25) is 19.6 Å². The molecule has 0 radical (unpaired) electrons. The van der Waals surface area contributed by atoms with E-state index in [1.54, 1.807) is 10.8 Å². The minimum atomic E-state index is -1.61. The first-order valence-corrected chi connectivity index (χ1v) is 33.1. The Balaban J connectivity index is 1.24. The third kappa shape index (κ3) is 7.52. The lowest BCUT2D eigenvalue weighted by molar-refractivity contribution is 0.195. The Kier molecular flexibility index (Phi) is 11.1. The van der Waals surface area contributed by atoms with Crippen molar-refractivity contribution in [1.29, 1.82) is 0 Å². The van der Waals surface area contributed by atoms with E-state index >= 15 is 0 Å². The molecule has 1 saturated carbocycles. The third-order valence-electron chi connectivity index (χ3n) is 21.2. The van der Waals surface area contributed by atoms with Crippen molar-refractivity contribution in [2.45, 2.75) is 225 Å². The summed E-state index contributed by atoms with van der Waals surface area (Å²) >= 11 is 0. The molecule has 0 aromatic heterocycles. The van der Waals surface area contributed by atoms with Gasteiger partial charge in [0, 0.05) is 50.9 Å². The van der Waals surface area contributed by atoms with Crippen LogP contribution in [-0.2, 0) is 37.9 Å². The SMILES string of the molecule is CC(C)(C)c1ccc(N2c3ccc(C(C)(C)C)cc3B3c4cc5c(cc4N(c4ccc6c(c4)C(C)(C)CCC6(C)C)c4cc(N6c7ccc([Si](C)(C)C)cc7C7(C)CCCCC67C)cc2c43)C(C)(C)CCC5(C)C)cc1. The average molecular weight is 1020 g/mol. The van der Waals surface area contributed by atoms with Gasteiger partial charge in [0.25, 0.3) is 6.71 Å². The molecule has 3 nitrogen and oxygen atoms in total. The molecule has 2 atom stereocenters. The van der Waals surface area contributed by atoms with Gasteiger partial charge in [-0.3, -0.25) is 0 Å². The van der Waals surface area contributed by atoms with E-state index in [1.807, 2.05) is 0 Å². The van der Waals surface area contributed by atoms with E-state index in [0.29, 0.717) is 0 Å². The van der Waals surface area contributed by atoms with E-state index < -0.39 is 8.07 Å². The number of anilines is 8. The third-order valence-corrected chi connectivity index (χ3v) is 23.2. The Morgan fingerprint density at radius 1 is 0.408 bits per heavy atom. The molecule has 3 heterocycles. The fraction of sp³-hybridized carbons (Fsp3) is 0.493. The molecule has 0 amide bonds. The summed E-state index contributed by atoms with van der Waals surface area (Å²) in [6, 6.07) is 43.4. The van der Waals surface area contributed by atoms with Crippen LogP contribution in [0, 0.1) is 0 Å². The molecule has 396 valence electrons. The van der Waals surface area contributed by atoms with Gasteiger partial charge in [0.1, 0.15) is 0 Å². The monoisotopic (exact) mass is 1020 g/mol. The lowest BCUT2D eigenvalue weighted by atomic mass is 9.33. The molecule has 0 saturated heterocycles. The van der Waals surface area contributed by atoms with Gasteiger partial charge in [-0.15, -0.1) is 0 Å². The molecule has 1 fully saturated rings. The Labute approximate surface area is 461 Å². The fourth-order valence-corrected chi connectivity index (χ4v) is 16.8. The lowest BCUT2D eigenvalue weighted by Crippen LogP contribution is -2.62. The highest BCUT2D eigenvalue weighted by Gasteiger charge is 2.59. The molecule has 6 aromatic carbocycles. The predicted octanol–water partition coefficient (Wildman–Crippen LogP) is 17.3. The van der Waals surface area contributed by atoms with Crippen molar-refractivity contribution >= 4 is 81.9 Å². The van der Waals surface area contributed by atoms with Crippen LogP contribution in [0.1, 0.15) is 201 Å². The summed E-state index contributed by atoms with van der Waals surface area (Å²) in [5.74, 6) is 0. The normalized spacial score (nSPS) is 23.5. The van der Waals surface area contributed by atoms with Crippen molar-refractivity contribution in [3.63, 3.8) is 0 Å². The van der Waals surface area contributed by atoms with Crippen molar-refractivity contribution in [2.24, 2.45) is 0 Å². The first-order chi connectivity index (χ1) is 35.3. The Hall–Kier alpha value is -5.00. The Morgan fingerprint density at radius 3 is 1.50 bits per heavy atom. The van der Waals surface area contributed by atoms with Crippen molar-refractivity contribution < 1.29 is 0 Å². The molecule has 2 unspecified atom stereocenters. The number of fused-ring (bicyclic) bond motifs is 9. The zero-order chi connectivity index (χ0) is 54.5. The number of nitrogens with zero attached hydrogens (tertiary/aromatic N) is 3. The zero-order valence-corrected chi connectivity index (χ0v) is 51.4. The van der Waals surface area contributed by atoms with Gasteiger partial charge in [-0.25, -0.2) is 0 Å². The molecule has 76 heavy (non-hydrogen) atoms. The summed E-state index contributed by atoms with van der Waals surface area (Å²) < 4.78 is 0. The van der Waals surface area contributed by atoms with Crippen molar-refractivity contribution in [1.82, 2.24) is 0 Å². The molecule has 5 heteroatoms. The van der Waals surface area contributed by atoms with Crippen LogP contribution in [-0.4, -0.2) is 20.3 Å². The topological polar surface area (TPSA) is 9.72 Å². The van der Waals surface area contributed by atoms with Gasteiger partial charge in [-0.1, -0.05) is 190 Å². The highest BCUT2D eigenvalue weighted by molar-refractivity contribution is 7.00. The van der Waals surface area contributed by atoms with Gasteiger partial charge in [0.15, 0.2) is 0 Å². The standard InChI is InChI=1S/C71H90BN3Si/c1-64(2,3)45-22-25-47(26-23-45)73-59-30-24-46(65(4,5)6)38-56(59)72-57-43-53-54(69(13,14)37-36-68(53,11)12)44-60(57)74(48-27-29-51-52(39-48)67(9,10)35-34-66(51,7)8)62-41-49(40-61(73)63(62)72)75-58-31-28-50(76(17,18)19)42-55(58)70(15)32-20-21-33-71(70,75)16/h22-31,38-44H,20-21,32-37H2,1-19H3. The van der Waals surface area contributed by atoms with Gasteiger partial charge in [0.05, 0.1) is 13.6 Å². The second-order valence-electron chi connectivity index (χ2n) is 31.2. The van der Waals surface area contributed by atoms with Gasteiger partial charge < -0.3 is 14.7 Å². The van der Waals surface area contributed by atoms with Crippen LogP contribution in [0.3, 0.4) is 0 Å². The molecule has 0 bridgehead atoms. The minimum absolute atomic E-state index is 0.00492. The Morgan fingerprint density at radius 2 is 0.908 bits per heavy atom. The van der Waals surface area contributed by atoms with Gasteiger partial charge in [-0.05, 0) is 188 Å². The van der Waals surface area contributed by atoms with E-state index in [4.69, 9.17) is 0 Å². The molecule has 0 spiro atoms. The van der Waals surface area contributed by atoms with Crippen molar-refractivity contribution in [3.05, 3.63) is 142 Å². The second kappa shape index (κ2) is 16.3. The van der Waals surface area contributed by atoms with Crippen LogP contribution < -0.4 is 36.3 Å². The van der Waals surface area contributed by atoms with Crippen LogP contribution in [0.5, 0.6) is 0 Å². The summed E-state index contributed by atoms with van der Waals surface area (Å²) in [4.78, 5) is 8.36. The van der Waals surface area contributed by atoms with Gasteiger partial charge in [0.2, 0.25) is 0 Å². The lowest BCUT2D eigenvalue weighted by Gasteiger charge is -2.51. The molecule has 0 N–H and O–H groups in total. The van der Waals surface area contributed by atoms with Crippen molar-refractivity contribution in [2.75, 3.05) is 14.7 Å². The minimum Gasteiger partial charge on any atom is -0.334 e. The summed E-state index contributed by atoms with van der Waals surface area (Å²) in [5, 5.41) is 1.57. The highest BCUT2D eigenvalue weighted by Crippen LogP contribution is 2.62. The van der Waals surface area contributed by atoms with E-state index in [2.05, 4.69) is 248 Å². The maximum atomic E-state index is 2.88. The molecule has 6 aromatic rings. The summed E-state index contributed by atoms with van der Waals surface area (Å²) in [6.07, 6.45) is 9.60. The van der Waals surface area contributed by atoms with E-state index in [-0.39, 0.29) is 50.2 Å². The number of hydrogen-bond acceptors (Lipinski definition) is 3. The zero-order valence-electron chi connectivity index (χ0n) is 50.4. The predicted molar refractivity (Wildman–Crippen MR) is 334 cm³/mol. The highest BCUT2D eigenvalue weighted by atomic mass is 28.3. The number of rotatable bonds is 4. The van der Waals surface area contributed by atoms with Crippen LogP contribution in [0.4, 0.5) is 45.5 Å². The maximum Gasteiger partial charge on any atom is 0.252 e. The molecule has 12 rings (SSSR count). The Bertz CT molecular complexity index is 3390. The molecule has 6 aliphatic rings. The molecular formula is C71H90BN3Si. The first-order valence-electron chi connectivity index (χ1n) is 29.6. The number of hydrogen-bond donors (Lipinski definition) is 0.